The minimum Gasteiger partial charge on any atom is -0.479 e. The summed E-state index contributed by atoms with van der Waals surface area (Å²) in [7, 11) is 0. The molecule has 0 amide bonds. The highest BCUT2D eigenvalue weighted by atomic mass is 16.7. The van der Waals surface area contributed by atoms with E-state index in [1.165, 1.54) is 0 Å². The Bertz CT molecular complexity index is 2140. The fourth-order valence-corrected chi connectivity index (χ4v) is 7.88. The van der Waals surface area contributed by atoms with Crippen LogP contribution in [0.5, 0.6) is 0 Å². The van der Waals surface area contributed by atoms with Crippen LogP contribution in [0.15, 0.2) is 182 Å². The summed E-state index contributed by atoms with van der Waals surface area (Å²) in [6, 6.07) is 0. The van der Waals surface area contributed by atoms with Crippen LogP contribution >= 0.6 is 0 Å². The fraction of sp³-hybridized carbons (Fsp3) is 0.521. The Morgan fingerprint density at radius 3 is 1.14 bits per heavy atom. The molecule has 0 radical (unpaired) electrons. The first-order valence-electron chi connectivity index (χ1n) is 30.8. The lowest BCUT2D eigenvalue weighted by Crippen LogP contribution is -2.61. The number of hydrogen-bond donors (Lipinski definition) is 3. The van der Waals surface area contributed by atoms with Crippen molar-refractivity contribution in [2.45, 2.75) is 225 Å². The zero-order valence-electron chi connectivity index (χ0n) is 50.6. The first-order chi connectivity index (χ1) is 40.6. The number of unbranched alkanes of at least 4 members (excludes halogenated alkanes) is 5. The molecule has 1 fully saturated rings. The van der Waals surface area contributed by atoms with E-state index in [-0.39, 0.29) is 25.9 Å². The maximum Gasteiger partial charge on any atom is 0.335 e. The third kappa shape index (κ3) is 46.0. The van der Waals surface area contributed by atoms with Crippen LogP contribution in [0.4, 0.5) is 0 Å². The lowest BCUT2D eigenvalue weighted by Gasteiger charge is -2.40. The van der Waals surface area contributed by atoms with Crippen LogP contribution < -0.4 is 0 Å². The Hall–Kier alpha value is -6.18. The molecule has 1 saturated heterocycles. The van der Waals surface area contributed by atoms with Gasteiger partial charge in [-0.25, -0.2) is 4.79 Å². The van der Waals surface area contributed by atoms with Crippen molar-refractivity contribution in [3.8, 4) is 0 Å². The lowest BCUT2D eigenvalue weighted by molar-refractivity contribution is -0.301. The second-order valence-electron chi connectivity index (χ2n) is 19.8. The molecule has 1 rings (SSSR count). The van der Waals surface area contributed by atoms with E-state index in [9.17, 15) is 34.5 Å². The van der Waals surface area contributed by atoms with E-state index in [2.05, 4.69) is 185 Å². The van der Waals surface area contributed by atoms with Gasteiger partial charge in [-0.05, 0) is 141 Å². The molecular formula is C71H104O12. The number of aliphatic hydroxyl groups excluding tert-OH is 2. The molecule has 6 unspecified atom stereocenters. The molecule has 1 heterocycles. The van der Waals surface area contributed by atoms with Gasteiger partial charge in [-0.2, -0.15) is 0 Å². The highest BCUT2D eigenvalue weighted by Crippen LogP contribution is 2.26. The summed E-state index contributed by atoms with van der Waals surface area (Å²) < 4.78 is 28.3. The van der Waals surface area contributed by atoms with Crippen molar-refractivity contribution >= 4 is 23.9 Å². The van der Waals surface area contributed by atoms with Crippen molar-refractivity contribution in [2.24, 2.45) is 0 Å². The van der Waals surface area contributed by atoms with Gasteiger partial charge in [-0.1, -0.05) is 209 Å². The van der Waals surface area contributed by atoms with Gasteiger partial charge in [0.05, 0.1) is 6.61 Å². The maximum atomic E-state index is 13.2. The van der Waals surface area contributed by atoms with Crippen LogP contribution in [0.3, 0.4) is 0 Å². The standard InChI is InChI=1S/C71H104O12/c1-4-7-10-13-16-19-22-25-28-30-32-34-37-39-42-45-48-51-54-57-63(72)79-60-62(81-64(73)58-55-52-49-46-43-41-38-35-33-31-29-26-23-20-17-14-11-8-5-2)61-80-71-69(67(76)66(75)68(83-71)70(77)78)82-65(74)59-56-53-50-47-44-40-36-27-24-21-18-15-12-9-6-3/h7-12,16-21,25-29,32-36,39,41-44,47-48,51,62,66-69,71,75-76H,4-6,13-15,22-24,30-31,37-38,40,45-46,49-50,52-61H2,1-3H3,(H,77,78)/b10-7-,11-8-,12-9-,19-16-,20-17-,21-18-,28-25-,29-26-,34-32-,35-33-,36-27-,42-39-,43-41-,47-44-,51-48-. The quantitative estimate of drug-likeness (QED) is 0.0228. The summed E-state index contributed by atoms with van der Waals surface area (Å²) in [6.45, 7) is 5.52. The summed E-state index contributed by atoms with van der Waals surface area (Å²) in [5.41, 5.74) is 0. The first kappa shape index (κ1) is 74.8. The number of ether oxygens (including phenoxy) is 5. The molecule has 0 aromatic rings. The molecule has 0 spiro atoms. The van der Waals surface area contributed by atoms with Crippen molar-refractivity contribution in [1.29, 1.82) is 0 Å². The van der Waals surface area contributed by atoms with E-state index in [0.29, 0.717) is 32.1 Å². The average molecular weight is 1150 g/mol. The number of carboxylic acid groups (broad SMARTS) is 1. The van der Waals surface area contributed by atoms with Gasteiger partial charge in [0, 0.05) is 19.3 Å². The molecule has 0 saturated carbocycles. The number of hydrogen-bond acceptors (Lipinski definition) is 11. The number of carbonyl (C=O) groups excluding carboxylic acids is 3. The topological polar surface area (TPSA) is 175 Å². The monoisotopic (exact) mass is 1150 g/mol. The van der Waals surface area contributed by atoms with Crippen LogP contribution in [0, 0.1) is 0 Å². The normalized spacial score (nSPS) is 18.9. The number of rotatable bonds is 49. The van der Waals surface area contributed by atoms with Crippen LogP contribution in [0.1, 0.15) is 188 Å². The van der Waals surface area contributed by atoms with Gasteiger partial charge in [-0.15, -0.1) is 0 Å². The highest BCUT2D eigenvalue weighted by Gasteiger charge is 2.50. The smallest absolute Gasteiger partial charge is 0.335 e. The Morgan fingerprint density at radius 1 is 0.398 bits per heavy atom. The van der Waals surface area contributed by atoms with Gasteiger partial charge in [0.15, 0.2) is 24.6 Å². The van der Waals surface area contributed by atoms with E-state index in [1.54, 1.807) is 0 Å². The zero-order valence-corrected chi connectivity index (χ0v) is 50.6. The fourth-order valence-electron chi connectivity index (χ4n) is 7.88. The Morgan fingerprint density at radius 2 is 0.747 bits per heavy atom. The Labute approximate surface area is 500 Å². The molecular weight excluding hydrogens is 1040 g/mol. The lowest BCUT2D eigenvalue weighted by atomic mass is 9.98. The molecule has 0 bridgehead atoms. The number of aliphatic carboxylic acids is 1. The molecule has 1 aliphatic rings. The molecule has 6 atom stereocenters. The molecule has 12 heteroatoms. The zero-order chi connectivity index (χ0) is 60.3. The average Bonchev–Trinajstić information content (AvgIpc) is 3.58. The molecule has 0 aliphatic carbocycles. The van der Waals surface area contributed by atoms with E-state index in [0.717, 1.165) is 116 Å². The minimum atomic E-state index is -1.94. The molecule has 0 aromatic heterocycles. The number of aliphatic hydroxyl groups is 2. The maximum absolute atomic E-state index is 13.2. The van der Waals surface area contributed by atoms with E-state index in [1.807, 2.05) is 18.2 Å². The van der Waals surface area contributed by atoms with Crippen molar-refractivity contribution in [3.05, 3.63) is 182 Å². The summed E-state index contributed by atoms with van der Waals surface area (Å²) in [6.07, 6.45) is 73.0. The third-order valence-corrected chi connectivity index (χ3v) is 12.5. The number of carboxylic acids is 1. The van der Waals surface area contributed by atoms with Crippen molar-refractivity contribution in [1.82, 2.24) is 0 Å². The third-order valence-electron chi connectivity index (χ3n) is 12.5. The van der Waals surface area contributed by atoms with Crippen molar-refractivity contribution < 1.29 is 58.2 Å². The van der Waals surface area contributed by atoms with Crippen LogP contribution in [-0.2, 0) is 42.9 Å². The van der Waals surface area contributed by atoms with Gasteiger partial charge in [0.1, 0.15) is 18.8 Å². The second kappa shape index (κ2) is 56.3. The first-order valence-corrected chi connectivity index (χ1v) is 30.8. The van der Waals surface area contributed by atoms with E-state index in [4.69, 9.17) is 23.7 Å². The predicted octanol–water partition coefficient (Wildman–Crippen LogP) is 16.4. The van der Waals surface area contributed by atoms with Gasteiger partial charge < -0.3 is 39.0 Å². The summed E-state index contributed by atoms with van der Waals surface area (Å²) >= 11 is 0. The Balaban J connectivity index is 2.80. The molecule has 1 aliphatic heterocycles. The molecule has 83 heavy (non-hydrogen) atoms. The molecule has 12 nitrogen and oxygen atoms in total. The summed E-state index contributed by atoms with van der Waals surface area (Å²) in [5.74, 6) is -3.37. The second-order valence-corrected chi connectivity index (χ2v) is 19.8. The molecule has 3 N–H and O–H groups in total. The molecule has 460 valence electrons. The number of carbonyl (C=O) groups is 4. The van der Waals surface area contributed by atoms with Gasteiger partial charge >= 0.3 is 23.9 Å². The highest BCUT2D eigenvalue weighted by molar-refractivity contribution is 5.74. The number of esters is 3. The van der Waals surface area contributed by atoms with Crippen LogP contribution in [0.2, 0.25) is 0 Å². The SMILES string of the molecule is CC/C=C\C/C=C\C/C=C\C/C=C\C/C=C\C/C=C\CCC(=O)OCC(COC1OC(C(=O)O)C(O)C(O)C1OC(=O)CCCC/C=C\C/C=C\C/C=C\C/C=C\CC)OC(=O)CCCCC/C=C\C/C=C\C/C=C\C/C=C\C/C=C\CC. The largest absolute Gasteiger partial charge is 0.479 e. The summed E-state index contributed by atoms with van der Waals surface area (Å²) in [5, 5.41) is 31.5. The summed E-state index contributed by atoms with van der Waals surface area (Å²) in [4.78, 5) is 51.2. The van der Waals surface area contributed by atoms with Gasteiger partial charge in [0.25, 0.3) is 0 Å². The Kier molecular flexibility index (Phi) is 50.8. The number of allylic oxidation sites excluding steroid dienone is 30. The van der Waals surface area contributed by atoms with E-state index >= 15 is 0 Å². The van der Waals surface area contributed by atoms with Crippen LogP contribution in [-0.4, -0.2) is 89.2 Å². The van der Waals surface area contributed by atoms with Gasteiger partial charge in [0.2, 0.25) is 0 Å². The van der Waals surface area contributed by atoms with Gasteiger partial charge in [-0.3, -0.25) is 14.4 Å². The van der Waals surface area contributed by atoms with E-state index < -0.39 is 67.3 Å². The van der Waals surface area contributed by atoms with Crippen molar-refractivity contribution in [2.75, 3.05) is 13.2 Å². The van der Waals surface area contributed by atoms with Crippen molar-refractivity contribution in [3.63, 3.8) is 0 Å². The molecule has 0 aromatic carbocycles. The van der Waals surface area contributed by atoms with Crippen LogP contribution in [0.25, 0.3) is 0 Å². The predicted molar refractivity (Wildman–Crippen MR) is 339 cm³/mol. The minimum absolute atomic E-state index is 0.0149.